The zero-order chi connectivity index (χ0) is 18.5. The number of hydrogen-bond acceptors (Lipinski definition) is 7. The fourth-order valence-corrected chi connectivity index (χ4v) is 2.47. The molecule has 3 aromatic rings. The van der Waals surface area contributed by atoms with Crippen molar-refractivity contribution in [3.8, 4) is 17.1 Å². The highest BCUT2D eigenvalue weighted by molar-refractivity contribution is 5.99. The van der Waals surface area contributed by atoms with Crippen LogP contribution in [0.5, 0.6) is 5.75 Å². The van der Waals surface area contributed by atoms with Crippen molar-refractivity contribution in [1.82, 2.24) is 25.2 Å². The quantitative estimate of drug-likeness (QED) is 0.652. The van der Waals surface area contributed by atoms with E-state index in [-0.39, 0.29) is 0 Å². The van der Waals surface area contributed by atoms with Crippen molar-refractivity contribution in [2.75, 3.05) is 19.5 Å². The Labute approximate surface area is 149 Å². The van der Waals surface area contributed by atoms with Crippen molar-refractivity contribution in [2.24, 2.45) is 7.05 Å². The van der Waals surface area contributed by atoms with E-state index >= 15 is 0 Å². The summed E-state index contributed by atoms with van der Waals surface area (Å²) in [5.74, 6) is 0.693. The molecule has 0 radical (unpaired) electrons. The van der Waals surface area contributed by atoms with Crippen LogP contribution in [-0.4, -0.2) is 39.9 Å². The highest BCUT2D eigenvalue weighted by atomic mass is 16.6. The topological polar surface area (TPSA) is 103 Å². The largest absolute Gasteiger partial charge is 0.494 e. The summed E-state index contributed by atoms with van der Waals surface area (Å²) in [5, 5.41) is 7.52. The number of nitrogens with one attached hydrogen (secondary N) is 2. The van der Waals surface area contributed by atoms with E-state index in [0.717, 1.165) is 5.56 Å². The molecule has 0 aliphatic carbocycles. The molecule has 0 fully saturated rings. The average Bonchev–Trinajstić information content (AvgIpc) is 3.08. The molecule has 1 aromatic carbocycles. The monoisotopic (exact) mass is 354 g/mol. The van der Waals surface area contributed by atoms with Crippen LogP contribution in [0.25, 0.3) is 11.4 Å². The summed E-state index contributed by atoms with van der Waals surface area (Å²) in [6.07, 6.45) is 4.65. The Hall–Kier alpha value is -3.46. The van der Waals surface area contributed by atoms with Gasteiger partial charge in [0.1, 0.15) is 6.33 Å². The maximum atomic E-state index is 12.1. The van der Waals surface area contributed by atoms with E-state index < -0.39 is 5.91 Å². The molecule has 0 atom stereocenters. The predicted molar refractivity (Wildman–Crippen MR) is 95.0 cm³/mol. The van der Waals surface area contributed by atoms with E-state index in [1.165, 1.54) is 13.3 Å². The molecule has 2 aromatic heterocycles. The number of rotatable bonds is 6. The normalized spacial score (nSPS) is 10.4. The van der Waals surface area contributed by atoms with Crippen LogP contribution >= 0.6 is 0 Å². The Morgan fingerprint density at radius 1 is 1.19 bits per heavy atom. The first kappa shape index (κ1) is 17.4. The van der Waals surface area contributed by atoms with Crippen LogP contribution in [0.2, 0.25) is 0 Å². The second-order valence-corrected chi connectivity index (χ2v) is 5.31. The van der Waals surface area contributed by atoms with Gasteiger partial charge < -0.3 is 10.1 Å². The van der Waals surface area contributed by atoms with E-state index in [9.17, 15) is 4.79 Å². The summed E-state index contributed by atoms with van der Waals surface area (Å²) >= 11 is 0. The number of pyridine rings is 1. The molecule has 1 amide bonds. The second kappa shape index (κ2) is 7.62. The summed E-state index contributed by atoms with van der Waals surface area (Å²) in [6, 6.07) is 7.25. The molecule has 26 heavy (non-hydrogen) atoms. The van der Waals surface area contributed by atoms with E-state index in [4.69, 9.17) is 4.74 Å². The standard InChI is InChI=1S/C17H18N6O3/c1-23-10-19-16(21-23)11-5-4-6-14(15(11)25-2)20-13-7-8-18-9-12(13)17(24)22-26-3/h4-10H,1-3H3,(H,18,20)(H,22,24). The van der Waals surface area contributed by atoms with Crippen molar-refractivity contribution in [3.63, 3.8) is 0 Å². The smallest absolute Gasteiger partial charge is 0.278 e. The molecule has 0 saturated carbocycles. The highest BCUT2D eigenvalue weighted by Gasteiger charge is 2.17. The van der Waals surface area contributed by atoms with Gasteiger partial charge in [0.05, 0.1) is 36.7 Å². The van der Waals surface area contributed by atoms with E-state index in [2.05, 4.69) is 30.7 Å². The number of methoxy groups -OCH3 is 1. The minimum Gasteiger partial charge on any atom is -0.494 e. The molecule has 134 valence electrons. The number of anilines is 2. The Kier molecular flexibility index (Phi) is 5.09. The Morgan fingerprint density at radius 2 is 2.04 bits per heavy atom. The van der Waals surface area contributed by atoms with Gasteiger partial charge in [0.25, 0.3) is 5.91 Å². The number of hydroxylamine groups is 1. The summed E-state index contributed by atoms with van der Waals surface area (Å²) in [5.41, 5.74) is 4.56. The summed E-state index contributed by atoms with van der Waals surface area (Å²) in [6.45, 7) is 0. The fraction of sp³-hybridized carbons (Fsp3) is 0.176. The van der Waals surface area contributed by atoms with Crippen molar-refractivity contribution >= 4 is 17.3 Å². The summed E-state index contributed by atoms with van der Waals surface area (Å²) < 4.78 is 7.18. The number of benzene rings is 1. The van der Waals surface area contributed by atoms with E-state index in [1.54, 1.807) is 37.4 Å². The lowest BCUT2D eigenvalue weighted by Gasteiger charge is -2.15. The van der Waals surface area contributed by atoms with Crippen molar-refractivity contribution in [3.05, 3.63) is 48.5 Å². The fourth-order valence-electron chi connectivity index (χ4n) is 2.47. The third-order valence-corrected chi connectivity index (χ3v) is 3.59. The van der Waals surface area contributed by atoms with Gasteiger partial charge >= 0.3 is 0 Å². The molecule has 0 aliphatic rings. The minimum atomic E-state index is -0.412. The predicted octanol–water partition coefficient (Wildman–Crippen LogP) is 1.92. The van der Waals surface area contributed by atoms with E-state index in [1.807, 2.05) is 18.2 Å². The molecule has 3 rings (SSSR count). The van der Waals surface area contributed by atoms with Gasteiger partial charge in [0, 0.05) is 19.4 Å². The molecule has 0 saturated heterocycles. The van der Waals surface area contributed by atoms with Gasteiger partial charge in [0.15, 0.2) is 11.6 Å². The van der Waals surface area contributed by atoms with Gasteiger partial charge in [0.2, 0.25) is 0 Å². The van der Waals surface area contributed by atoms with Crippen LogP contribution in [0.3, 0.4) is 0 Å². The van der Waals surface area contributed by atoms with Crippen molar-refractivity contribution < 1.29 is 14.4 Å². The lowest BCUT2D eigenvalue weighted by Crippen LogP contribution is -2.23. The van der Waals surface area contributed by atoms with Crippen molar-refractivity contribution in [1.29, 1.82) is 0 Å². The van der Waals surface area contributed by atoms with Crippen LogP contribution in [0.4, 0.5) is 11.4 Å². The summed E-state index contributed by atoms with van der Waals surface area (Å²) in [4.78, 5) is 25.1. The molecule has 2 heterocycles. The van der Waals surface area contributed by atoms with Gasteiger partial charge in [-0.3, -0.25) is 19.3 Å². The third kappa shape index (κ3) is 3.47. The van der Waals surface area contributed by atoms with E-state index in [0.29, 0.717) is 28.5 Å². The van der Waals surface area contributed by atoms with Crippen LogP contribution in [0.15, 0.2) is 43.0 Å². The zero-order valence-corrected chi connectivity index (χ0v) is 14.6. The number of aromatic nitrogens is 4. The average molecular weight is 354 g/mol. The third-order valence-electron chi connectivity index (χ3n) is 3.59. The Balaban J connectivity index is 2.00. The van der Waals surface area contributed by atoms with Gasteiger partial charge in [-0.05, 0) is 18.2 Å². The number of para-hydroxylation sites is 1. The molecule has 9 heteroatoms. The van der Waals surface area contributed by atoms with Gasteiger partial charge in [-0.1, -0.05) is 6.07 Å². The van der Waals surface area contributed by atoms with Gasteiger partial charge in [-0.15, -0.1) is 0 Å². The number of hydrogen-bond donors (Lipinski definition) is 2. The highest BCUT2D eigenvalue weighted by Crippen LogP contribution is 2.36. The second-order valence-electron chi connectivity index (χ2n) is 5.31. The molecular formula is C17H18N6O3. The number of carbonyl (C=O) groups is 1. The molecule has 0 bridgehead atoms. The minimum absolute atomic E-state index is 0.331. The number of carbonyl (C=O) groups excluding carboxylic acids is 1. The molecule has 0 spiro atoms. The number of ether oxygens (including phenoxy) is 1. The van der Waals surface area contributed by atoms with Crippen LogP contribution in [-0.2, 0) is 11.9 Å². The molecule has 0 unspecified atom stereocenters. The zero-order valence-electron chi connectivity index (χ0n) is 14.6. The van der Waals surface area contributed by atoms with Crippen LogP contribution in [0, 0.1) is 0 Å². The Bertz CT molecular complexity index is 924. The molecule has 9 nitrogen and oxygen atoms in total. The maximum Gasteiger partial charge on any atom is 0.278 e. The maximum absolute atomic E-state index is 12.1. The lowest BCUT2D eigenvalue weighted by atomic mass is 10.1. The number of aryl methyl sites for hydroxylation is 1. The first-order chi connectivity index (χ1) is 12.6. The first-order valence-corrected chi connectivity index (χ1v) is 7.71. The van der Waals surface area contributed by atoms with Gasteiger partial charge in [-0.25, -0.2) is 10.5 Å². The van der Waals surface area contributed by atoms with Crippen LogP contribution < -0.4 is 15.5 Å². The molecular weight excluding hydrogens is 336 g/mol. The SMILES string of the molecule is CONC(=O)c1cnccc1Nc1cccc(-c2ncn(C)n2)c1OC. The number of nitrogens with zero attached hydrogens (tertiary/aromatic N) is 4. The van der Waals surface area contributed by atoms with Gasteiger partial charge in [-0.2, -0.15) is 5.10 Å². The van der Waals surface area contributed by atoms with Crippen molar-refractivity contribution in [2.45, 2.75) is 0 Å². The Morgan fingerprint density at radius 3 is 2.73 bits per heavy atom. The lowest BCUT2D eigenvalue weighted by molar-refractivity contribution is 0.0538. The summed E-state index contributed by atoms with van der Waals surface area (Å²) in [7, 11) is 4.73. The number of amides is 1. The van der Waals surface area contributed by atoms with Crippen LogP contribution in [0.1, 0.15) is 10.4 Å². The molecule has 2 N–H and O–H groups in total. The molecule has 0 aliphatic heterocycles. The first-order valence-electron chi connectivity index (χ1n) is 7.71.